The van der Waals surface area contributed by atoms with Crippen LogP contribution in [0, 0.1) is 5.92 Å². The summed E-state index contributed by atoms with van der Waals surface area (Å²) in [6.45, 7) is 4.49. The standard InChI is InChI=1S/C11H14Br2/c1-3-8(2)11(13)9-4-6-10(12)7-5-9/h4-8,11H,3H2,1-2H3. The van der Waals surface area contributed by atoms with E-state index in [-0.39, 0.29) is 0 Å². The topological polar surface area (TPSA) is 0 Å². The van der Waals surface area contributed by atoms with Crippen molar-refractivity contribution in [3.63, 3.8) is 0 Å². The summed E-state index contributed by atoms with van der Waals surface area (Å²) in [5.41, 5.74) is 1.36. The molecule has 0 aromatic heterocycles. The average molecular weight is 306 g/mol. The van der Waals surface area contributed by atoms with E-state index in [1.807, 2.05) is 0 Å². The minimum absolute atomic E-state index is 0.477. The smallest absolute Gasteiger partial charge is 0.0420 e. The van der Waals surface area contributed by atoms with Crippen molar-refractivity contribution in [3.05, 3.63) is 34.3 Å². The quantitative estimate of drug-likeness (QED) is 0.695. The zero-order chi connectivity index (χ0) is 9.84. The first kappa shape index (κ1) is 11.3. The van der Waals surface area contributed by atoms with Gasteiger partial charge in [0, 0.05) is 9.30 Å². The summed E-state index contributed by atoms with van der Waals surface area (Å²) in [6.07, 6.45) is 1.20. The molecular formula is C11H14Br2. The molecule has 0 aliphatic carbocycles. The van der Waals surface area contributed by atoms with E-state index in [1.165, 1.54) is 12.0 Å². The Hall–Kier alpha value is 0.180. The van der Waals surface area contributed by atoms with Gasteiger partial charge >= 0.3 is 0 Å². The number of benzene rings is 1. The molecule has 0 aliphatic heterocycles. The van der Waals surface area contributed by atoms with Crippen molar-refractivity contribution in [2.45, 2.75) is 25.1 Å². The molecule has 1 aromatic carbocycles. The van der Waals surface area contributed by atoms with E-state index in [1.54, 1.807) is 0 Å². The Labute approximate surface area is 97.0 Å². The van der Waals surface area contributed by atoms with Crippen molar-refractivity contribution in [3.8, 4) is 0 Å². The normalized spacial score (nSPS) is 15.4. The van der Waals surface area contributed by atoms with E-state index in [2.05, 4.69) is 70.0 Å². The number of alkyl halides is 1. The number of rotatable bonds is 3. The van der Waals surface area contributed by atoms with Gasteiger partial charge in [0.15, 0.2) is 0 Å². The SMILES string of the molecule is CCC(C)C(Br)c1ccc(Br)cc1. The van der Waals surface area contributed by atoms with Crippen LogP contribution in [-0.4, -0.2) is 0 Å². The molecule has 13 heavy (non-hydrogen) atoms. The summed E-state index contributed by atoms with van der Waals surface area (Å²) >= 11 is 7.15. The van der Waals surface area contributed by atoms with Crippen LogP contribution in [0.1, 0.15) is 30.7 Å². The maximum Gasteiger partial charge on any atom is 0.0420 e. The van der Waals surface area contributed by atoms with Crippen molar-refractivity contribution < 1.29 is 0 Å². The third kappa shape index (κ3) is 3.10. The van der Waals surface area contributed by atoms with Crippen molar-refractivity contribution in [1.29, 1.82) is 0 Å². The van der Waals surface area contributed by atoms with Crippen molar-refractivity contribution in [1.82, 2.24) is 0 Å². The Bertz CT molecular complexity index is 253. The Kier molecular flexibility index (Phi) is 4.47. The summed E-state index contributed by atoms with van der Waals surface area (Å²) in [5.74, 6) is 0.682. The van der Waals surface area contributed by atoms with E-state index in [4.69, 9.17) is 0 Å². The monoisotopic (exact) mass is 304 g/mol. The zero-order valence-corrected chi connectivity index (χ0v) is 11.1. The highest BCUT2D eigenvalue weighted by Gasteiger charge is 2.13. The minimum Gasteiger partial charge on any atom is -0.0836 e. The van der Waals surface area contributed by atoms with Crippen LogP contribution in [0.3, 0.4) is 0 Å². The number of halogens is 2. The van der Waals surface area contributed by atoms with Crippen LogP contribution in [-0.2, 0) is 0 Å². The van der Waals surface area contributed by atoms with Gasteiger partial charge in [-0.15, -0.1) is 0 Å². The van der Waals surface area contributed by atoms with Crippen LogP contribution >= 0.6 is 31.9 Å². The van der Waals surface area contributed by atoms with Gasteiger partial charge in [-0.05, 0) is 23.6 Å². The van der Waals surface area contributed by atoms with Crippen LogP contribution in [0.15, 0.2) is 28.7 Å². The Morgan fingerprint density at radius 2 is 1.77 bits per heavy atom. The molecule has 0 saturated carbocycles. The van der Waals surface area contributed by atoms with Crippen LogP contribution in [0.2, 0.25) is 0 Å². The molecule has 0 aliphatic rings. The van der Waals surface area contributed by atoms with Gasteiger partial charge in [0.2, 0.25) is 0 Å². The fourth-order valence-corrected chi connectivity index (χ4v) is 2.13. The second kappa shape index (κ2) is 5.16. The first-order chi connectivity index (χ1) is 6.15. The molecule has 0 spiro atoms. The van der Waals surface area contributed by atoms with E-state index in [0.29, 0.717) is 10.7 Å². The molecule has 0 N–H and O–H groups in total. The third-order valence-corrected chi connectivity index (χ3v) is 4.29. The highest BCUT2D eigenvalue weighted by Crippen LogP contribution is 2.33. The van der Waals surface area contributed by atoms with Crippen LogP contribution in [0.5, 0.6) is 0 Å². The third-order valence-electron chi connectivity index (χ3n) is 2.33. The largest absolute Gasteiger partial charge is 0.0836 e. The fourth-order valence-electron chi connectivity index (χ4n) is 1.18. The molecule has 0 amide bonds. The maximum absolute atomic E-state index is 3.72. The lowest BCUT2D eigenvalue weighted by atomic mass is 9.99. The first-order valence-corrected chi connectivity index (χ1v) is 6.25. The molecule has 2 atom stereocenters. The molecule has 72 valence electrons. The van der Waals surface area contributed by atoms with E-state index < -0.39 is 0 Å². The van der Waals surface area contributed by atoms with Gasteiger partial charge in [-0.25, -0.2) is 0 Å². The zero-order valence-electron chi connectivity index (χ0n) is 7.93. The molecule has 1 rings (SSSR count). The van der Waals surface area contributed by atoms with Gasteiger partial charge in [0.05, 0.1) is 0 Å². The van der Waals surface area contributed by atoms with Gasteiger partial charge < -0.3 is 0 Å². The Morgan fingerprint density at radius 3 is 2.23 bits per heavy atom. The lowest BCUT2D eigenvalue weighted by Crippen LogP contribution is -2.01. The molecule has 0 nitrogen and oxygen atoms in total. The molecule has 0 saturated heterocycles. The Morgan fingerprint density at radius 1 is 1.23 bits per heavy atom. The van der Waals surface area contributed by atoms with Crippen LogP contribution < -0.4 is 0 Å². The maximum atomic E-state index is 3.72. The molecule has 2 unspecified atom stereocenters. The molecule has 0 bridgehead atoms. The van der Waals surface area contributed by atoms with Crippen LogP contribution in [0.25, 0.3) is 0 Å². The highest BCUT2D eigenvalue weighted by atomic mass is 79.9. The van der Waals surface area contributed by atoms with E-state index >= 15 is 0 Å². The lowest BCUT2D eigenvalue weighted by molar-refractivity contribution is 0.555. The fraction of sp³-hybridized carbons (Fsp3) is 0.455. The van der Waals surface area contributed by atoms with Crippen molar-refractivity contribution >= 4 is 31.9 Å². The molecule has 2 heteroatoms. The molecular weight excluding hydrogens is 292 g/mol. The lowest BCUT2D eigenvalue weighted by Gasteiger charge is -2.16. The van der Waals surface area contributed by atoms with Crippen molar-refractivity contribution in [2.24, 2.45) is 5.92 Å². The molecule has 0 fully saturated rings. The number of hydrogen-bond acceptors (Lipinski definition) is 0. The van der Waals surface area contributed by atoms with E-state index in [9.17, 15) is 0 Å². The van der Waals surface area contributed by atoms with Gasteiger partial charge in [-0.2, -0.15) is 0 Å². The number of hydrogen-bond donors (Lipinski definition) is 0. The molecule has 0 radical (unpaired) electrons. The van der Waals surface area contributed by atoms with Gasteiger partial charge in [0.1, 0.15) is 0 Å². The summed E-state index contributed by atoms with van der Waals surface area (Å²) in [4.78, 5) is 0.477. The highest BCUT2D eigenvalue weighted by molar-refractivity contribution is 9.10. The second-order valence-electron chi connectivity index (χ2n) is 3.34. The predicted octanol–water partition coefficient (Wildman–Crippen LogP) is 4.93. The summed E-state index contributed by atoms with van der Waals surface area (Å²) in [6, 6.07) is 8.50. The summed E-state index contributed by atoms with van der Waals surface area (Å²) in [5, 5.41) is 0. The summed E-state index contributed by atoms with van der Waals surface area (Å²) < 4.78 is 1.14. The van der Waals surface area contributed by atoms with Crippen molar-refractivity contribution in [2.75, 3.05) is 0 Å². The average Bonchev–Trinajstić information content (AvgIpc) is 2.17. The predicted molar refractivity (Wildman–Crippen MR) is 65.3 cm³/mol. The summed E-state index contributed by atoms with van der Waals surface area (Å²) in [7, 11) is 0. The van der Waals surface area contributed by atoms with E-state index in [0.717, 1.165) is 4.47 Å². The first-order valence-electron chi connectivity index (χ1n) is 4.54. The minimum atomic E-state index is 0.477. The van der Waals surface area contributed by atoms with Gasteiger partial charge in [0.25, 0.3) is 0 Å². The molecule has 1 aromatic rings. The van der Waals surface area contributed by atoms with Crippen LogP contribution in [0.4, 0.5) is 0 Å². The second-order valence-corrected chi connectivity index (χ2v) is 5.24. The Balaban J connectivity index is 2.77. The van der Waals surface area contributed by atoms with Gasteiger partial charge in [-0.1, -0.05) is 64.3 Å². The molecule has 0 heterocycles. The van der Waals surface area contributed by atoms with Gasteiger partial charge in [-0.3, -0.25) is 0 Å².